The zero-order chi connectivity index (χ0) is 33.5. The summed E-state index contributed by atoms with van der Waals surface area (Å²) in [5.74, 6) is -1.48. The fourth-order valence-corrected chi connectivity index (χ4v) is 8.57. The number of carbonyl (C=O) groups is 3. The first-order chi connectivity index (χ1) is 21.7. The number of amides is 3. The molecule has 1 N–H and O–H groups in total. The molecule has 3 amide bonds. The van der Waals surface area contributed by atoms with E-state index in [1.165, 1.54) is 0 Å². The molecule has 1 aromatic rings. The SMILES string of the molecule is CCOc1ccc(N2CC=C[C@]3(C)O[C@]45C=CCN(C(C)(C)CC(C)(C)C)C(=O)C4N(CCCCCCO)C(=O)[C@@H]5[C@@H]3C2=O)cc1. The molecule has 1 spiro atoms. The number of aliphatic hydroxyl groups is 1. The quantitative estimate of drug-likeness (QED) is 0.268. The second kappa shape index (κ2) is 12.8. The number of likely N-dealkylation sites (tertiary alicyclic amines) is 1. The van der Waals surface area contributed by atoms with Gasteiger partial charge in [0.2, 0.25) is 17.7 Å². The van der Waals surface area contributed by atoms with Gasteiger partial charge in [-0.05, 0) is 76.6 Å². The summed E-state index contributed by atoms with van der Waals surface area (Å²) in [6.07, 6.45) is 11.6. The lowest BCUT2D eigenvalue weighted by Crippen LogP contribution is -2.60. The lowest BCUT2D eigenvalue weighted by molar-refractivity contribution is -0.155. The van der Waals surface area contributed by atoms with Gasteiger partial charge in [0.05, 0.1) is 24.0 Å². The van der Waals surface area contributed by atoms with Crippen LogP contribution in [0.5, 0.6) is 5.75 Å². The van der Waals surface area contributed by atoms with Gasteiger partial charge in [0, 0.05) is 37.5 Å². The molecule has 4 heterocycles. The molecule has 252 valence electrons. The van der Waals surface area contributed by atoms with Crippen LogP contribution in [0.15, 0.2) is 48.6 Å². The topological polar surface area (TPSA) is 99.6 Å². The molecule has 0 aromatic heterocycles. The normalized spacial score (nSPS) is 29.5. The van der Waals surface area contributed by atoms with E-state index in [-0.39, 0.29) is 29.7 Å². The number of rotatable bonds is 11. The number of aliphatic hydroxyl groups excluding tert-OH is 1. The third-order valence-electron chi connectivity index (χ3n) is 10.0. The summed E-state index contributed by atoms with van der Waals surface area (Å²) in [7, 11) is 0. The van der Waals surface area contributed by atoms with Gasteiger partial charge in [-0.1, -0.05) is 57.9 Å². The van der Waals surface area contributed by atoms with Crippen molar-refractivity contribution >= 4 is 23.4 Å². The van der Waals surface area contributed by atoms with E-state index in [1.54, 1.807) is 9.80 Å². The van der Waals surface area contributed by atoms with E-state index >= 15 is 0 Å². The minimum atomic E-state index is -1.28. The Bertz CT molecular complexity index is 1360. The summed E-state index contributed by atoms with van der Waals surface area (Å²) in [5.41, 5.74) is -2.15. The second-order valence-corrected chi connectivity index (χ2v) is 15.3. The van der Waals surface area contributed by atoms with E-state index in [0.717, 1.165) is 25.0 Å². The molecule has 0 saturated carbocycles. The molecule has 2 fully saturated rings. The number of unbranched alkanes of at least 4 members (excludes halogenated alkanes) is 3. The number of hydrogen-bond acceptors (Lipinski definition) is 6. The summed E-state index contributed by atoms with van der Waals surface area (Å²) in [6, 6.07) is 6.55. The van der Waals surface area contributed by atoms with Crippen LogP contribution in [0.2, 0.25) is 0 Å². The van der Waals surface area contributed by atoms with Gasteiger partial charge in [-0.25, -0.2) is 0 Å². The van der Waals surface area contributed by atoms with Crippen LogP contribution in [0, 0.1) is 17.3 Å². The van der Waals surface area contributed by atoms with Gasteiger partial charge >= 0.3 is 0 Å². The standard InChI is InChI=1S/C37H53N3O6/c1-8-45-27-17-15-26(16-18-27)38-22-13-19-36(7)28(31(38)42)29-32(43)39(21-11-9-10-12-24-41)30-33(44)40(23-14-20-37(29,30)46-36)35(5,6)25-34(2,3)4/h13-20,28-30,41H,8-12,21-25H2,1-7H3/t28-,29+,30?,36+,37+/m1/s1. The van der Waals surface area contributed by atoms with Crippen LogP contribution in [-0.2, 0) is 19.1 Å². The maximum Gasteiger partial charge on any atom is 0.249 e. The van der Waals surface area contributed by atoms with Gasteiger partial charge in [-0.2, -0.15) is 0 Å². The highest BCUT2D eigenvalue weighted by Gasteiger charge is 2.75. The van der Waals surface area contributed by atoms with Crippen molar-refractivity contribution in [2.75, 3.05) is 37.7 Å². The first kappa shape index (κ1) is 34.2. The number of hydrogen-bond donors (Lipinski definition) is 1. The second-order valence-electron chi connectivity index (χ2n) is 15.3. The molecule has 2 saturated heterocycles. The molecule has 5 rings (SSSR count). The summed E-state index contributed by atoms with van der Waals surface area (Å²) in [5, 5.41) is 9.27. The van der Waals surface area contributed by atoms with E-state index in [4.69, 9.17) is 9.47 Å². The molecule has 46 heavy (non-hydrogen) atoms. The summed E-state index contributed by atoms with van der Waals surface area (Å²) in [6.45, 7) is 16.3. The van der Waals surface area contributed by atoms with Crippen LogP contribution < -0.4 is 9.64 Å². The van der Waals surface area contributed by atoms with Crippen molar-refractivity contribution in [2.24, 2.45) is 17.3 Å². The van der Waals surface area contributed by atoms with Gasteiger partial charge in [-0.3, -0.25) is 14.4 Å². The highest BCUT2D eigenvalue weighted by Crippen LogP contribution is 2.58. The monoisotopic (exact) mass is 635 g/mol. The zero-order valence-electron chi connectivity index (χ0n) is 28.8. The fourth-order valence-electron chi connectivity index (χ4n) is 8.57. The van der Waals surface area contributed by atoms with Crippen LogP contribution in [0.4, 0.5) is 5.69 Å². The number of ether oxygens (including phenoxy) is 2. The Labute approximate surface area is 274 Å². The molecule has 0 radical (unpaired) electrons. The average Bonchev–Trinajstić information content (AvgIpc) is 3.22. The van der Waals surface area contributed by atoms with Gasteiger partial charge in [0.15, 0.2) is 0 Å². The van der Waals surface area contributed by atoms with E-state index in [9.17, 15) is 19.5 Å². The largest absolute Gasteiger partial charge is 0.494 e. The third kappa shape index (κ3) is 6.13. The molecule has 0 bridgehead atoms. The number of nitrogens with zero attached hydrogens (tertiary/aromatic N) is 3. The number of benzene rings is 1. The third-order valence-corrected chi connectivity index (χ3v) is 10.0. The Balaban J connectivity index is 1.55. The van der Waals surface area contributed by atoms with Crippen LogP contribution in [0.3, 0.4) is 0 Å². The molecule has 9 heteroatoms. The van der Waals surface area contributed by atoms with Crippen LogP contribution >= 0.6 is 0 Å². The summed E-state index contributed by atoms with van der Waals surface area (Å²) >= 11 is 0. The number of carbonyl (C=O) groups excluding carboxylic acids is 3. The molecule has 1 unspecified atom stereocenters. The fraction of sp³-hybridized carbons (Fsp3) is 0.649. The van der Waals surface area contributed by atoms with Crippen LogP contribution in [0.25, 0.3) is 0 Å². The predicted octanol–water partition coefficient (Wildman–Crippen LogP) is 5.12. The van der Waals surface area contributed by atoms with E-state index in [1.807, 2.05) is 67.3 Å². The van der Waals surface area contributed by atoms with Gasteiger partial charge in [0.25, 0.3) is 0 Å². The summed E-state index contributed by atoms with van der Waals surface area (Å²) < 4.78 is 12.6. The van der Waals surface area contributed by atoms with Crippen molar-refractivity contribution < 1.29 is 29.0 Å². The molecule has 4 aliphatic rings. The Morgan fingerprint density at radius 3 is 2.22 bits per heavy atom. The molecular formula is C37H53N3O6. The predicted molar refractivity (Wildman–Crippen MR) is 178 cm³/mol. The highest BCUT2D eigenvalue weighted by molar-refractivity contribution is 6.04. The van der Waals surface area contributed by atoms with E-state index < -0.39 is 34.6 Å². The van der Waals surface area contributed by atoms with Gasteiger partial charge in [-0.15, -0.1) is 0 Å². The van der Waals surface area contributed by atoms with Crippen LogP contribution in [0.1, 0.15) is 80.6 Å². The average molecular weight is 636 g/mol. The van der Waals surface area contributed by atoms with Crippen molar-refractivity contribution in [3.8, 4) is 5.75 Å². The molecule has 5 atom stereocenters. The minimum Gasteiger partial charge on any atom is -0.494 e. The Hall–Kier alpha value is -3.17. The number of fused-ring (bicyclic) bond motifs is 2. The van der Waals surface area contributed by atoms with Crippen LogP contribution in [-0.4, -0.2) is 88.3 Å². The zero-order valence-corrected chi connectivity index (χ0v) is 28.8. The molecule has 4 aliphatic heterocycles. The first-order valence-electron chi connectivity index (χ1n) is 17.0. The van der Waals surface area contributed by atoms with Gasteiger partial charge < -0.3 is 29.3 Å². The summed E-state index contributed by atoms with van der Waals surface area (Å²) in [4.78, 5) is 49.6. The molecule has 0 aliphatic carbocycles. The Morgan fingerprint density at radius 2 is 1.57 bits per heavy atom. The van der Waals surface area contributed by atoms with Crippen molar-refractivity contribution in [3.63, 3.8) is 0 Å². The van der Waals surface area contributed by atoms with E-state index in [0.29, 0.717) is 44.8 Å². The number of anilines is 1. The minimum absolute atomic E-state index is 0.0238. The highest BCUT2D eigenvalue weighted by atomic mass is 16.5. The molecule has 1 aromatic carbocycles. The van der Waals surface area contributed by atoms with Crippen molar-refractivity contribution in [3.05, 3.63) is 48.6 Å². The van der Waals surface area contributed by atoms with Crippen molar-refractivity contribution in [1.29, 1.82) is 0 Å². The molecular weight excluding hydrogens is 582 g/mol. The lowest BCUT2D eigenvalue weighted by atomic mass is 9.74. The smallest absolute Gasteiger partial charge is 0.249 e. The first-order valence-corrected chi connectivity index (χ1v) is 17.0. The Kier molecular flexibility index (Phi) is 9.50. The van der Waals surface area contributed by atoms with E-state index in [2.05, 4.69) is 34.6 Å². The van der Waals surface area contributed by atoms with Crippen molar-refractivity contribution in [2.45, 2.75) is 103 Å². The maximum atomic E-state index is 14.9. The maximum absolute atomic E-state index is 14.9. The van der Waals surface area contributed by atoms with Gasteiger partial charge in [0.1, 0.15) is 17.4 Å². The Morgan fingerprint density at radius 1 is 0.891 bits per heavy atom. The van der Waals surface area contributed by atoms with Crippen molar-refractivity contribution in [1.82, 2.24) is 9.80 Å². The molecule has 9 nitrogen and oxygen atoms in total. The lowest BCUT2D eigenvalue weighted by Gasteiger charge is -2.44.